The van der Waals surface area contributed by atoms with Gasteiger partial charge in [0, 0.05) is 79.5 Å². The predicted octanol–water partition coefficient (Wildman–Crippen LogP) is 1.36. The molecule has 43 heavy (non-hydrogen) atoms. The van der Waals surface area contributed by atoms with Gasteiger partial charge in [0.25, 0.3) is 15.9 Å². The van der Waals surface area contributed by atoms with E-state index in [1.807, 2.05) is 0 Å². The first kappa shape index (κ1) is 30.4. The number of aromatic amines is 1. The maximum absolute atomic E-state index is 13.9. The van der Waals surface area contributed by atoms with Crippen LogP contribution in [0.5, 0.6) is 0 Å². The summed E-state index contributed by atoms with van der Waals surface area (Å²) in [5.74, 6) is -0.588. The molecule has 6 rings (SSSR count). The fraction of sp³-hybridized carbons (Fsp3) is 0.500. The van der Waals surface area contributed by atoms with Gasteiger partial charge in [-0.05, 0) is 24.3 Å². The van der Waals surface area contributed by atoms with Crippen molar-refractivity contribution < 1.29 is 31.2 Å². The first-order valence-electron chi connectivity index (χ1n) is 13.8. The van der Waals surface area contributed by atoms with E-state index < -0.39 is 32.0 Å². The van der Waals surface area contributed by atoms with E-state index in [4.69, 9.17) is 16.3 Å². The second-order valence-corrected chi connectivity index (χ2v) is 16.2. The van der Waals surface area contributed by atoms with Gasteiger partial charge in [0.05, 0.1) is 31.2 Å². The number of ether oxygens (including phenoxy) is 1. The molecule has 17 heteroatoms. The summed E-state index contributed by atoms with van der Waals surface area (Å²) in [5.41, 5.74) is 1.31. The number of rotatable bonds is 6. The van der Waals surface area contributed by atoms with Crippen LogP contribution in [0.25, 0.3) is 10.9 Å². The molecule has 5 heterocycles. The van der Waals surface area contributed by atoms with Gasteiger partial charge in [-0.25, -0.2) is 21.8 Å². The highest BCUT2D eigenvalue weighted by Gasteiger charge is 2.40. The van der Waals surface area contributed by atoms with Crippen molar-refractivity contribution in [3.05, 3.63) is 44.9 Å². The number of morpholine rings is 1. The molecular formula is C26H31ClN6O7S3. The molecule has 3 aliphatic heterocycles. The minimum atomic E-state index is -3.99. The lowest BCUT2D eigenvalue weighted by molar-refractivity contribution is -0.136. The first-order valence-corrected chi connectivity index (χ1v) is 18.3. The minimum absolute atomic E-state index is 0.00540. The number of H-pyrrole nitrogens is 1. The molecule has 0 aliphatic carbocycles. The van der Waals surface area contributed by atoms with Crippen molar-refractivity contribution in [2.24, 2.45) is 0 Å². The number of thiazole rings is 1. The summed E-state index contributed by atoms with van der Waals surface area (Å²) in [6, 6.07) is 5.85. The minimum Gasteiger partial charge on any atom is -0.378 e. The zero-order valence-corrected chi connectivity index (χ0v) is 26.6. The van der Waals surface area contributed by atoms with Gasteiger partial charge in [-0.1, -0.05) is 11.6 Å². The molecule has 3 aliphatic rings. The van der Waals surface area contributed by atoms with Gasteiger partial charge in [-0.3, -0.25) is 9.59 Å². The molecule has 0 bridgehead atoms. The van der Waals surface area contributed by atoms with Crippen molar-refractivity contribution >= 4 is 65.7 Å². The fourth-order valence-corrected chi connectivity index (χ4v) is 9.27. The van der Waals surface area contributed by atoms with Gasteiger partial charge in [-0.15, -0.1) is 11.3 Å². The van der Waals surface area contributed by atoms with Crippen LogP contribution in [0.3, 0.4) is 0 Å². The Balaban J connectivity index is 1.26. The molecule has 1 N–H and O–H groups in total. The van der Waals surface area contributed by atoms with E-state index in [0.29, 0.717) is 59.2 Å². The number of fused-ring (bicyclic) bond motifs is 2. The number of halogens is 1. The van der Waals surface area contributed by atoms with Gasteiger partial charge in [0.15, 0.2) is 5.01 Å². The van der Waals surface area contributed by atoms with E-state index in [9.17, 15) is 26.4 Å². The maximum atomic E-state index is 13.9. The number of aromatic nitrogens is 2. The van der Waals surface area contributed by atoms with Crippen molar-refractivity contribution in [1.29, 1.82) is 0 Å². The lowest BCUT2D eigenvalue weighted by Crippen LogP contribution is -2.58. The zero-order chi connectivity index (χ0) is 30.5. The van der Waals surface area contributed by atoms with E-state index >= 15 is 0 Å². The molecule has 1 aromatic carbocycles. The molecule has 0 radical (unpaired) electrons. The Morgan fingerprint density at radius 2 is 1.84 bits per heavy atom. The number of carbonyl (C=O) groups excluding carboxylic acids is 2. The lowest BCUT2D eigenvalue weighted by atomic mass is 10.1. The van der Waals surface area contributed by atoms with Crippen LogP contribution in [0.2, 0.25) is 5.02 Å². The average molecular weight is 671 g/mol. The van der Waals surface area contributed by atoms with E-state index in [0.717, 1.165) is 17.6 Å². The third-order valence-electron chi connectivity index (χ3n) is 8.00. The number of piperazine rings is 1. The van der Waals surface area contributed by atoms with Crippen LogP contribution in [0, 0.1) is 0 Å². The van der Waals surface area contributed by atoms with E-state index in [-0.39, 0.29) is 55.1 Å². The normalized spacial score (nSPS) is 20.8. The van der Waals surface area contributed by atoms with Gasteiger partial charge < -0.3 is 19.5 Å². The number of sulfonamides is 2. The van der Waals surface area contributed by atoms with Crippen molar-refractivity contribution in [3.63, 3.8) is 0 Å². The molecule has 2 aromatic heterocycles. The van der Waals surface area contributed by atoms with Crippen LogP contribution >= 0.6 is 22.9 Å². The SMILES string of the molecule is CS(=O)(=O)N1CCc2nc(C(=O)N3CCN(S(=O)(=O)c4cc5cc(Cl)ccc5[nH]4)CC3CC(=O)N3CCOCC3)sc2C1. The standard InChI is InChI=1S/C26H31ClN6O7S3/c1-42(36,37)31-5-4-21-22(16-31)41-25(29-21)26(35)33-7-6-32(15-19(33)14-24(34)30-8-10-40-11-9-30)43(38,39)23-13-17-12-18(27)2-3-20(17)28-23/h2-3,12-13,19,28H,4-11,14-16H2,1H3. The number of hydrogen-bond acceptors (Lipinski definition) is 9. The zero-order valence-electron chi connectivity index (χ0n) is 23.4. The van der Waals surface area contributed by atoms with Crippen LogP contribution in [0.4, 0.5) is 0 Å². The summed E-state index contributed by atoms with van der Waals surface area (Å²) < 4.78 is 59.7. The highest BCUT2D eigenvalue weighted by Crippen LogP contribution is 2.30. The lowest BCUT2D eigenvalue weighted by Gasteiger charge is -2.41. The molecule has 2 amide bonds. The molecule has 0 saturated carbocycles. The van der Waals surface area contributed by atoms with Crippen LogP contribution in [0.1, 0.15) is 26.8 Å². The highest BCUT2D eigenvalue weighted by molar-refractivity contribution is 7.89. The summed E-state index contributed by atoms with van der Waals surface area (Å²) in [6.45, 7) is 2.14. The third-order valence-corrected chi connectivity index (χ3v) is 12.3. The molecule has 232 valence electrons. The van der Waals surface area contributed by atoms with E-state index in [1.54, 1.807) is 23.1 Å². The average Bonchev–Trinajstić information content (AvgIpc) is 3.61. The molecule has 1 unspecified atom stereocenters. The van der Waals surface area contributed by atoms with Crippen LogP contribution in [0.15, 0.2) is 29.3 Å². The Kier molecular flexibility index (Phi) is 8.29. The molecule has 1 atom stereocenters. The Labute approximate surface area is 258 Å². The van der Waals surface area contributed by atoms with Gasteiger partial charge in [0.1, 0.15) is 5.03 Å². The smallest absolute Gasteiger partial charge is 0.283 e. The van der Waals surface area contributed by atoms with E-state index in [1.165, 1.54) is 19.6 Å². The largest absolute Gasteiger partial charge is 0.378 e. The van der Waals surface area contributed by atoms with Gasteiger partial charge >= 0.3 is 0 Å². The van der Waals surface area contributed by atoms with Crippen LogP contribution < -0.4 is 0 Å². The molecule has 0 spiro atoms. The fourth-order valence-electron chi connectivity index (χ4n) is 5.65. The predicted molar refractivity (Wildman–Crippen MR) is 160 cm³/mol. The number of nitrogens with one attached hydrogen (secondary N) is 1. The summed E-state index contributed by atoms with van der Waals surface area (Å²) in [7, 11) is -7.38. The molecule has 3 aromatic rings. The summed E-state index contributed by atoms with van der Waals surface area (Å²) in [5, 5.41) is 1.34. The first-order chi connectivity index (χ1) is 20.4. The summed E-state index contributed by atoms with van der Waals surface area (Å²) in [4.78, 5) is 38.6. The highest BCUT2D eigenvalue weighted by atomic mass is 35.5. The number of hydrogen-bond donors (Lipinski definition) is 1. The number of amides is 2. The van der Waals surface area contributed by atoms with Crippen LogP contribution in [-0.2, 0) is 42.5 Å². The van der Waals surface area contributed by atoms with Crippen molar-refractivity contribution in [2.45, 2.75) is 30.5 Å². The maximum Gasteiger partial charge on any atom is 0.283 e. The Morgan fingerprint density at radius 3 is 2.58 bits per heavy atom. The van der Waals surface area contributed by atoms with Crippen molar-refractivity contribution in [3.8, 4) is 0 Å². The summed E-state index contributed by atoms with van der Waals surface area (Å²) >= 11 is 7.24. The number of carbonyl (C=O) groups is 2. The second kappa shape index (κ2) is 11.7. The van der Waals surface area contributed by atoms with Crippen molar-refractivity contribution in [1.82, 2.24) is 28.4 Å². The van der Waals surface area contributed by atoms with Gasteiger partial charge in [0.2, 0.25) is 15.9 Å². The Bertz CT molecular complexity index is 1780. The monoisotopic (exact) mass is 670 g/mol. The molecule has 13 nitrogen and oxygen atoms in total. The molecule has 2 saturated heterocycles. The van der Waals surface area contributed by atoms with Gasteiger partial charge in [-0.2, -0.15) is 8.61 Å². The Hall–Kier alpha value is -2.60. The van der Waals surface area contributed by atoms with E-state index in [2.05, 4.69) is 9.97 Å². The van der Waals surface area contributed by atoms with Crippen LogP contribution in [-0.4, -0.2) is 122 Å². The topological polar surface area (TPSA) is 153 Å². The van der Waals surface area contributed by atoms with Crippen molar-refractivity contribution in [2.75, 3.05) is 58.7 Å². The third kappa shape index (κ3) is 6.18. The second-order valence-electron chi connectivity index (χ2n) is 10.8. The number of benzene rings is 1. The summed E-state index contributed by atoms with van der Waals surface area (Å²) in [6.07, 6.45) is 1.49. The number of nitrogens with zero attached hydrogens (tertiary/aromatic N) is 5. The molecular weight excluding hydrogens is 640 g/mol. The molecule has 2 fully saturated rings. The Morgan fingerprint density at radius 1 is 1.07 bits per heavy atom. The quantitative estimate of drug-likeness (QED) is 0.413.